The molecule has 0 aromatic heterocycles. The minimum absolute atomic E-state index is 0.0112. The first kappa shape index (κ1) is 9.24. The van der Waals surface area contributed by atoms with Crippen molar-refractivity contribution in [1.82, 2.24) is 5.32 Å². The average molecular weight is 183 g/mol. The van der Waals surface area contributed by atoms with Gasteiger partial charge in [-0.2, -0.15) is 0 Å². The van der Waals surface area contributed by atoms with Crippen LogP contribution in [0, 0.1) is 0 Å². The van der Waals surface area contributed by atoms with Gasteiger partial charge in [0, 0.05) is 0 Å². The fourth-order valence-corrected chi connectivity index (χ4v) is 0.687. The van der Waals surface area contributed by atoms with E-state index in [9.17, 15) is 9.59 Å². The van der Waals surface area contributed by atoms with E-state index >= 15 is 0 Å². The van der Waals surface area contributed by atoms with E-state index in [0.717, 1.165) is 6.20 Å². The van der Waals surface area contributed by atoms with Gasteiger partial charge in [-0.3, -0.25) is 0 Å². The molecule has 0 amide bonds. The molecule has 0 fully saturated rings. The molecule has 0 saturated heterocycles. The highest BCUT2D eigenvalue weighted by Gasteiger charge is 2.22. The Morgan fingerprint density at radius 3 is 2.38 bits per heavy atom. The third-order valence-corrected chi connectivity index (χ3v) is 1.30. The summed E-state index contributed by atoms with van der Waals surface area (Å²) < 4.78 is 8.72. The second kappa shape index (κ2) is 3.70. The predicted molar refractivity (Wildman–Crippen MR) is 41.7 cm³/mol. The zero-order valence-electron chi connectivity index (χ0n) is 7.10. The molecule has 0 unspecified atom stereocenters. The van der Waals surface area contributed by atoms with Crippen LogP contribution < -0.4 is 5.32 Å². The summed E-state index contributed by atoms with van der Waals surface area (Å²) >= 11 is 0. The van der Waals surface area contributed by atoms with E-state index < -0.39 is 11.9 Å². The van der Waals surface area contributed by atoms with Crippen LogP contribution >= 0.6 is 0 Å². The van der Waals surface area contributed by atoms with E-state index in [-0.39, 0.29) is 11.5 Å². The Bertz CT molecular complexity index is 306. The van der Waals surface area contributed by atoms with Crippen LogP contribution in [0.15, 0.2) is 16.9 Å². The second-order valence-electron chi connectivity index (χ2n) is 2.06. The first-order valence-electron chi connectivity index (χ1n) is 3.35. The molecular formula is C7H7N2O4. The van der Waals surface area contributed by atoms with Crippen LogP contribution in [0.1, 0.15) is 0 Å². The van der Waals surface area contributed by atoms with Crippen LogP contribution in [-0.2, 0) is 19.1 Å². The minimum atomic E-state index is -0.685. The third kappa shape index (κ3) is 1.84. The molecule has 1 aliphatic rings. The minimum Gasteiger partial charge on any atom is -0.464 e. The number of ether oxygens (including phenoxy) is 2. The van der Waals surface area contributed by atoms with Crippen molar-refractivity contribution in [3.63, 3.8) is 0 Å². The lowest BCUT2D eigenvalue weighted by Gasteiger charge is -1.94. The van der Waals surface area contributed by atoms with Crippen LogP contribution in [0.3, 0.4) is 0 Å². The topological polar surface area (TPSA) is 79.1 Å². The molecule has 0 bridgehead atoms. The average Bonchev–Trinajstić information content (AvgIpc) is 2.64. The van der Waals surface area contributed by atoms with Gasteiger partial charge in [0.2, 0.25) is 5.84 Å². The second-order valence-corrected chi connectivity index (χ2v) is 2.06. The monoisotopic (exact) mass is 183 g/mol. The van der Waals surface area contributed by atoms with Crippen molar-refractivity contribution >= 4 is 17.8 Å². The van der Waals surface area contributed by atoms with Crippen molar-refractivity contribution in [2.75, 3.05) is 14.2 Å². The summed E-state index contributed by atoms with van der Waals surface area (Å²) in [5, 5.41) is 3.57. The summed E-state index contributed by atoms with van der Waals surface area (Å²) in [5.41, 5.74) is -0.0112. The highest BCUT2D eigenvalue weighted by molar-refractivity contribution is 6.36. The highest BCUT2D eigenvalue weighted by atomic mass is 16.5. The van der Waals surface area contributed by atoms with Gasteiger partial charge in [-0.1, -0.05) is 0 Å². The van der Waals surface area contributed by atoms with Crippen molar-refractivity contribution in [2.45, 2.75) is 0 Å². The van der Waals surface area contributed by atoms with Crippen LogP contribution in [0.2, 0.25) is 0 Å². The number of hydrogen-bond acceptors (Lipinski definition) is 5. The summed E-state index contributed by atoms with van der Waals surface area (Å²) in [6, 6.07) is 0. The van der Waals surface area contributed by atoms with E-state index in [4.69, 9.17) is 0 Å². The lowest BCUT2D eigenvalue weighted by molar-refractivity contribution is -0.136. The quantitative estimate of drug-likeness (QED) is 0.524. The number of carbonyl (C=O) groups excluding carboxylic acids is 2. The van der Waals surface area contributed by atoms with Gasteiger partial charge in [0.05, 0.1) is 20.4 Å². The van der Waals surface area contributed by atoms with Gasteiger partial charge in [0.1, 0.15) is 0 Å². The van der Waals surface area contributed by atoms with E-state index in [1.165, 1.54) is 14.2 Å². The number of nitrogens with zero attached hydrogens (tertiary/aromatic N) is 2. The number of hydrogen-bond donors (Lipinski definition) is 0. The van der Waals surface area contributed by atoms with Crippen molar-refractivity contribution in [2.24, 2.45) is 4.99 Å². The Kier molecular flexibility index (Phi) is 2.63. The van der Waals surface area contributed by atoms with Gasteiger partial charge in [0.15, 0.2) is 5.70 Å². The number of amidine groups is 1. The largest absolute Gasteiger partial charge is 0.464 e. The fraction of sp³-hybridized carbons (Fsp3) is 0.286. The van der Waals surface area contributed by atoms with Crippen molar-refractivity contribution < 1.29 is 19.1 Å². The number of methoxy groups -OCH3 is 2. The van der Waals surface area contributed by atoms with Crippen LogP contribution in [0.4, 0.5) is 0 Å². The Morgan fingerprint density at radius 1 is 1.23 bits per heavy atom. The van der Waals surface area contributed by atoms with E-state index in [0.29, 0.717) is 0 Å². The molecule has 13 heavy (non-hydrogen) atoms. The van der Waals surface area contributed by atoms with Gasteiger partial charge in [-0.25, -0.2) is 19.9 Å². The molecule has 0 N–H and O–H groups in total. The maximum absolute atomic E-state index is 10.9. The van der Waals surface area contributed by atoms with Crippen LogP contribution in [-0.4, -0.2) is 32.0 Å². The van der Waals surface area contributed by atoms with Gasteiger partial charge < -0.3 is 9.47 Å². The summed E-state index contributed by atoms with van der Waals surface area (Å²) in [7, 11) is 2.42. The van der Waals surface area contributed by atoms with Crippen LogP contribution in [0.5, 0.6) is 0 Å². The van der Waals surface area contributed by atoms with E-state index in [2.05, 4.69) is 19.8 Å². The van der Waals surface area contributed by atoms with Gasteiger partial charge >= 0.3 is 11.9 Å². The summed E-state index contributed by atoms with van der Waals surface area (Å²) in [4.78, 5) is 25.3. The molecule has 0 aliphatic carbocycles. The molecule has 0 saturated carbocycles. The van der Waals surface area contributed by atoms with Crippen molar-refractivity contribution in [3.05, 3.63) is 11.9 Å². The highest BCUT2D eigenvalue weighted by Crippen LogP contribution is 2.06. The Morgan fingerprint density at radius 2 is 1.85 bits per heavy atom. The summed E-state index contributed by atoms with van der Waals surface area (Å²) in [5.74, 6) is -1.47. The van der Waals surface area contributed by atoms with Gasteiger partial charge in [0.25, 0.3) is 0 Å². The number of carbonyl (C=O) groups is 2. The van der Waals surface area contributed by atoms with E-state index in [1.54, 1.807) is 0 Å². The molecule has 6 heteroatoms. The summed E-state index contributed by atoms with van der Waals surface area (Å²) in [6.45, 7) is 0. The smallest absolute Gasteiger partial charge is 0.376 e. The summed E-state index contributed by atoms with van der Waals surface area (Å²) in [6.07, 6.45) is 1.15. The molecule has 1 radical (unpaired) electrons. The molecule has 0 spiro atoms. The van der Waals surface area contributed by atoms with Gasteiger partial charge in [-0.05, 0) is 0 Å². The molecule has 1 rings (SSSR count). The number of esters is 2. The Hall–Kier alpha value is -1.85. The van der Waals surface area contributed by atoms with Crippen molar-refractivity contribution in [1.29, 1.82) is 0 Å². The molecule has 69 valence electrons. The SMILES string of the molecule is COC(=O)C1=C[N]C(C(=O)OC)=N1. The maximum Gasteiger partial charge on any atom is 0.376 e. The van der Waals surface area contributed by atoms with Crippen LogP contribution in [0.25, 0.3) is 0 Å². The molecule has 0 atom stereocenters. The maximum atomic E-state index is 10.9. The zero-order valence-corrected chi connectivity index (χ0v) is 7.10. The lowest BCUT2D eigenvalue weighted by Crippen LogP contribution is -2.20. The molecule has 0 aromatic rings. The first-order chi connectivity index (χ1) is 6.19. The number of aliphatic imine (C=N–C) groups is 1. The Balaban J connectivity index is 2.70. The third-order valence-electron chi connectivity index (χ3n) is 1.30. The van der Waals surface area contributed by atoms with Crippen molar-refractivity contribution in [3.8, 4) is 0 Å². The standard InChI is InChI=1S/C7H7N2O4/c1-12-6(10)4-3-8-5(9-4)7(11)13-2/h3H,1-2H3. The molecule has 1 heterocycles. The lowest BCUT2D eigenvalue weighted by atomic mass is 10.5. The molecular weight excluding hydrogens is 176 g/mol. The molecule has 1 aliphatic heterocycles. The Labute approximate surface area is 74.2 Å². The zero-order chi connectivity index (χ0) is 9.84. The predicted octanol–water partition coefficient (Wildman–Crippen LogP) is -0.810. The normalized spacial score (nSPS) is 14.0. The van der Waals surface area contributed by atoms with Gasteiger partial charge in [-0.15, -0.1) is 0 Å². The number of rotatable bonds is 2. The molecule has 6 nitrogen and oxygen atoms in total. The fourth-order valence-electron chi connectivity index (χ4n) is 0.687. The van der Waals surface area contributed by atoms with E-state index in [1.807, 2.05) is 0 Å². The first-order valence-corrected chi connectivity index (χ1v) is 3.35. The molecule has 0 aromatic carbocycles.